The molecular formula is C16H24N4O3. The third kappa shape index (κ3) is 5.94. The molecule has 126 valence electrons. The highest BCUT2D eigenvalue weighted by atomic mass is 16.6. The fourth-order valence-corrected chi connectivity index (χ4v) is 2.49. The number of carbonyl (C=O) groups is 2. The van der Waals surface area contributed by atoms with Crippen LogP contribution in [0.2, 0.25) is 0 Å². The van der Waals surface area contributed by atoms with Crippen LogP contribution >= 0.6 is 0 Å². The van der Waals surface area contributed by atoms with Crippen molar-refractivity contribution in [2.24, 2.45) is 5.92 Å². The zero-order valence-corrected chi connectivity index (χ0v) is 13.9. The van der Waals surface area contributed by atoms with Crippen molar-refractivity contribution in [3.8, 4) is 0 Å². The molecule has 0 spiro atoms. The van der Waals surface area contributed by atoms with E-state index >= 15 is 0 Å². The van der Waals surface area contributed by atoms with Gasteiger partial charge in [-0.15, -0.1) is 0 Å². The number of carbonyl (C=O) groups excluding carboxylic acids is 2. The Morgan fingerprint density at radius 3 is 2.83 bits per heavy atom. The Kier molecular flexibility index (Phi) is 5.65. The van der Waals surface area contributed by atoms with Crippen LogP contribution in [0.4, 0.5) is 4.79 Å². The van der Waals surface area contributed by atoms with Crippen LogP contribution in [0.3, 0.4) is 0 Å². The van der Waals surface area contributed by atoms with E-state index < -0.39 is 11.7 Å². The Morgan fingerprint density at radius 1 is 1.39 bits per heavy atom. The monoisotopic (exact) mass is 320 g/mol. The molecule has 0 aromatic carbocycles. The van der Waals surface area contributed by atoms with Crippen molar-refractivity contribution >= 4 is 11.9 Å². The van der Waals surface area contributed by atoms with Crippen molar-refractivity contribution in [3.05, 3.63) is 24.3 Å². The molecule has 2 heterocycles. The average molecular weight is 320 g/mol. The maximum Gasteiger partial charge on any atom is 0.407 e. The van der Waals surface area contributed by atoms with Crippen LogP contribution in [-0.2, 0) is 4.74 Å². The lowest BCUT2D eigenvalue weighted by Gasteiger charge is -2.20. The van der Waals surface area contributed by atoms with Crippen LogP contribution in [0.15, 0.2) is 18.6 Å². The first-order chi connectivity index (χ1) is 10.8. The van der Waals surface area contributed by atoms with Gasteiger partial charge in [0.25, 0.3) is 0 Å². The van der Waals surface area contributed by atoms with Gasteiger partial charge in [0.1, 0.15) is 11.3 Å². The van der Waals surface area contributed by atoms with Crippen molar-refractivity contribution in [2.45, 2.75) is 32.8 Å². The summed E-state index contributed by atoms with van der Waals surface area (Å²) in [6.45, 7) is 8.02. The molecular weight excluding hydrogens is 296 g/mol. The summed E-state index contributed by atoms with van der Waals surface area (Å²) in [7, 11) is 0. The van der Waals surface area contributed by atoms with E-state index in [0.717, 1.165) is 19.5 Å². The number of likely N-dealkylation sites (tertiary alicyclic amines) is 1. The summed E-state index contributed by atoms with van der Waals surface area (Å²) in [5.41, 5.74) is -0.0996. The fourth-order valence-electron chi connectivity index (χ4n) is 2.49. The van der Waals surface area contributed by atoms with Gasteiger partial charge in [0.15, 0.2) is 5.78 Å². The molecule has 0 unspecified atom stereocenters. The Hall–Kier alpha value is -2.02. The highest BCUT2D eigenvalue weighted by molar-refractivity contribution is 5.95. The van der Waals surface area contributed by atoms with Crippen molar-refractivity contribution in [1.82, 2.24) is 20.2 Å². The predicted molar refractivity (Wildman–Crippen MR) is 85.1 cm³/mol. The second kappa shape index (κ2) is 7.50. The van der Waals surface area contributed by atoms with Crippen LogP contribution in [0.25, 0.3) is 0 Å². The second-order valence-electron chi connectivity index (χ2n) is 6.79. The van der Waals surface area contributed by atoms with E-state index in [0.29, 0.717) is 24.7 Å². The van der Waals surface area contributed by atoms with E-state index in [1.807, 2.05) is 20.8 Å². The van der Waals surface area contributed by atoms with Gasteiger partial charge in [-0.05, 0) is 39.7 Å². The van der Waals surface area contributed by atoms with Gasteiger partial charge >= 0.3 is 6.09 Å². The molecule has 7 nitrogen and oxygen atoms in total. The highest BCUT2D eigenvalue weighted by Gasteiger charge is 2.25. The molecule has 0 radical (unpaired) electrons. The first kappa shape index (κ1) is 17.3. The quantitative estimate of drug-likeness (QED) is 0.828. The molecule has 1 fully saturated rings. The Balaban J connectivity index is 1.72. The summed E-state index contributed by atoms with van der Waals surface area (Å²) in [5, 5.41) is 2.79. The van der Waals surface area contributed by atoms with Crippen molar-refractivity contribution in [3.63, 3.8) is 0 Å². The number of aromatic nitrogens is 2. The van der Waals surface area contributed by atoms with Gasteiger partial charge < -0.3 is 10.1 Å². The van der Waals surface area contributed by atoms with Crippen LogP contribution in [0.5, 0.6) is 0 Å². The SMILES string of the molecule is CC(C)(C)OC(=O)NC[C@@H]1CCN(CC(=O)c2cnccn2)C1. The lowest BCUT2D eigenvalue weighted by Crippen LogP contribution is -2.36. The fraction of sp³-hybridized carbons (Fsp3) is 0.625. The molecule has 1 saturated heterocycles. The Bertz CT molecular complexity index is 542. The number of nitrogens with one attached hydrogen (secondary N) is 1. The van der Waals surface area contributed by atoms with Crippen LogP contribution < -0.4 is 5.32 Å². The molecule has 0 bridgehead atoms. The molecule has 1 amide bonds. The minimum absolute atomic E-state index is 0.0288. The largest absolute Gasteiger partial charge is 0.444 e. The van der Waals surface area contributed by atoms with Gasteiger partial charge in [0.05, 0.1) is 12.7 Å². The molecule has 1 aromatic rings. The third-order valence-electron chi connectivity index (χ3n) is 3.52. The summed E-state index contributed by atoms with van der Waals surface area (Å²) < 4.78 is 5.21. The second-order valence-corrected chi connectivity index (χ2v) is 6.79. The maximum absolute atomic E-state index is 12.1. The van der Waals surface area contributed by atoms with E-state index in [9.17, 15) is 9.59 Å². The summed E-state index contributed by atoms with van der Waals surface area (Å²) in [4.78, 5) is 33.8. The van der Waals surface area contributed by atoms with Gasteiger partial charge in [0.2, 0.25) is 0 Å². The zero-order valence-electron chi connectivity index (χ0n) is 13.9. The van der Waals surface area contributed by atoms with E-state index in [1.165, 1.54) is 12.4 Å². The third-order valence-corrected chi connectivity index (χ3v) is 3.52. The molecule has 0 aliphatic carbocycles. The van der Waals surface area contributed by atoms with Crippen molar-refractivity contribution < 1.29 is 14.3 Å². The van der Waals surface area contributed by atoms with E-state index in [4.69, 9.17) is 4.74 Å². The molecule has 7 heteroatoms. The molecule has 1 N–H and O–H groups in total. The lowest BCUT2D eigenvalue weighted by atomic mass is 10.1. The number of Topliss-reactive ketones (excluding diaryl/α,β-unsaturated/α-hetero) is 1. The van der Waals surface area contributed by atoms with Crippen LogP contribution in [0.1, 0.15) is 37.7 Å². The van der Waals surface area contributed by atoms with E-state index in [1.54, 1.807) is 6.20 Å². The zero-order chi connectivity index (χ0) is 16.9. The molecule has 1 atom stereocenters. The topological polar surface area (TPSA) is 84.4 Å². The number of ether oxygens (including phenoxy) is 1. The predicted octanol–water partition coefficient (Wildman–Crippen LogP) is 1.51. The summed E-state index contributed by atoms with van der Waals surface area (Å²) in [6, 6.07) is 0. The number of nitrogens with zero attached hydrogens (tertiary/aromatic N) is 3. The summed E-state index contributed by atoms with van der Waals surface area (Å²) in [6.07, 6.45) is 5.10. The first-order valence-electron chi connectivity index (χ1n) is 7.82. The molecule has 1 aliphatic heterocycles. The number of alkyl carbamates (subject to hydrolysis) is 1. The van der Waals surface area contributed by atoms with Crippen LogP contribution in [0, 0.1) is 5.92 Å². The number of amides is 1. The van der Waals surface area contributed by atoms with E-state index in [2.05, 4.69) is 20.2 Å². The minimum Gasteiger partial charge on any atom is -0.444 e. The number of hydrogen-bond donors (Lipinski definition) is 1. The smallest absolute Gasteiger partial charge is 0.407 e. The van der Waals surface area contributed by atoms with Gasteiger partial charge in [0, 0.05) is 25.5 Å². The standard InChI is InChI=1S/C16H24N4O3/c1-16(2,3)23-15(22)19-8-12-4-7-20(10-12)11-14(21)13-9-17-5-6-18-13/h5-6,9,12H,4,7-8,10-11H2,1-3H3,(H,19,22)/t12-/m0/s1. The Morgan fingerprint density at radius 2 is 2.17 bits per heavy atom. The molecule has 1 aliphatic rings. The van der Waals surface area contributed by atoms with E-state index in [-0.39, 0.29) is 5.78 Å². The normalized spacial score (nSPS) is 18.7. The average Bonchev–Trinajstić information content (AvgIpc) is 2.92. The van der Waals surface area contributed by atoms with Crippen LogP contribution in [-0.4, -0.2) is 58.5 Å². The van der Waals surface area contributed by atoms with Gasteiger partial charge in [-0.2, -0.15) is 0 Å². The molecule has 0 saturated carbocycles. The number of ketones is 1. The molecule has 2 rings (SSSR count). The summed E-state index contributed by atoms with van der Waals surface area (Å²) >= 11 is 0. The lowest BCUT2D eigenvalue weighted by molar-refractivity contribution is 0.0519. The first-order valence-corrected chi connectivity index (χ1v) is 7.82. The van der Waals surface area contributed by atoms with Gasteiger partial charge in [-0.25, -0.2) is 9.78 Å². The van der Waals surface area contributed by atoms with Gasteiger partial charge in [-0.1, -0.05) is 0 Å². The van der Waals surface area contributed by atoms with Crippen molar-refractivity contribution in [2.75, 3.05) is 26.2 Å². The van der Waals surface area contributed by atoms with Crippen molar-refractivity contribution in [1.29, 1.82) is 0 Å². The maximum atomic E-state index is 12.1. The molecule has 1 aromatic heterocycles. The van der Waals surface area contributed by atoms with Gasteiger partial charge in [-0.3, -0.25) is 14.7 Å². The molecule has 23 heavy (non-hydrogen) atoms. The number of rotatable bonds is 5. The number of hydrogen-bond acceptors (Lipinski definition) is 6. The summed E-state index contributed by atoms with van der Waals surface area (Å²) in [5.74, 6) is 0.302. The Labute approximate surface area is 136 Å². The minimum atomic E-state index is -0.491. The highest BCUT2D eigenvalue weighted by Crippen LogP contribution is 2.16.